The van der Waals surface area contributed by atoms with Gasteiger partial charge in [0.25, 0.3) is 0 Å². The molecule has 0 fully saturated rings. The Kier molecular flexibility index (Phi) is 3.94. The maximum Gasteiger partial charge on any atom is 0.573 e. The first-order valence-electron chi connectivity index (χ1n) is 5.48. The average molecular weight is 267 g/mol. The molecule has 0 amide bonds. The predicted octanol–water partition coefficient (Wildman–Crippen LogP) is 3.96. The van der Waals surface area contributed by atoms with E-state index in [4.69, 9.17) is 4.74 Å². The van der Waals surface area contributed by atoms with E-state index >= 15 is 0 Å². The number of rotatable bonds is 4. The maximum absolute atomic E-state index is 12.2. The summed E-state index contributed by atoms with van der Waals surface area (Å²) in [6, 6.07) is 15.5. The summed E-state index contributed by atoms with van der Waals surface area (Å²) in [4.78, 5) is 0. The highest BCUT2D eigenvalue weighted by Gasteiger charge is 2.31. The lowest BCUT2D eigenvalue weighted by atomic mass is 10.2. The van der Waals surface area contributed by atoms with E-state index in [1.807, 2.05) is 0 Å². The summed E-state index contributed by atoms with van der Waals surface area (Å²) in [5.41, 5.74) is 0.317. The van der Waals surface area contributed by atoms with Crippen LogP contribution in [-0.2, 0) is 6.61 Å². The molecule has 5 heteroatoms. The summed E-state index contributed by atoms with van der Waals surface area (Å²) in [5, 5.41) is 0. The second-order valence-electron chi connectivity index (χ2n) is 3.67. The molecule has 2 rings (SSSR count). The number of ether oxygens (including phenoxy) is 2. The van der Waals surface area contributed by atoms with Gasteiger partial charge in [0.2, 0.25) is 0 Å². The Morgan fingerprint density at radius 1 is 1.00 bits per heavy atom. The fourth-order valence-corrected chi connectivity index (χ4v) is 1.47. The van der Waals surface area contributed by atoms with Crippen molar-refractivity contribution in [3.63, 3.8) is 0 Å². The molecule has 0 aliphatic rings. The van der Waals surface area contributed by atoms with Crippen LogP contribution in [0.2, 0.25) is 0 Å². The standard InChI is InChI=1S/C14H10F3O2/c15-14(16,17)19-13-9-5-4-6-11(13)10-18-12-7-2-1-3-8-12/h1-7,9H,10H2. The minimum atomic E-state index is -4.71. The molecule has 0 aromatic heterocycles. The maximum atomic E-state index is 12.2. The van der Waals surface area contributed by atoms with Gasteiger partial charge in [-0.05, 0) is 12.1 Å². The highest BCUT2D eigenvalue weighted by atomic mass is 19.4. The third-order valence-electron chi connectivity index (χ3n) is 2.26. The molecular weight excluding hydrogens is 257 g/mol. The monoisotopic (exact) mass is 267 g/mol. The van der Waals surface area contributed by atoms with Gasteiger partial charge in [-0.2, -0.15) is 0 Å². The van der Waals surface area contributed by atoms with E-state index in [-0.39, 0.29) is 12.4 Å². The summed E-state index contributed by atoms with van der Waals surface area (Å²) in [7, 11) is 0. The lowest BCUT2D eigenvalue weighted by molar-refractivity contribution is -0.275. The Balaban J connectivity index is 2.08. The molecule has 0 aliphatic carbocycles. The summed E-state index contributed by atoms with van der Waals surface area (Å²) in [6.07, 6.45) is -4.71. The lowest BCUT2D eigenvalue weighted by Crippen LogP contribution is -2.18. The first kappa shape index (κ1) is 13.3. The average Bonchev–Trinajstić information content (AvgIpc) is 2.37. The highest BCUT2D eigenvalue weighted by molar-refractivity contribution is 5.33. The topological polar surface area (TPSA) is 18.5 Å². The van der Waals surface area contributed by atoms with Gasteiger partial charge in [0.05, 0.1) is 0 Å². The number of alkyl halides is 3. The smallest absolute Gasteiger partial charge is 0.488 e. The molecule has 2 aromatic rings. The first-order chi connectivity index (χ1) is 9.04. The van der Waals surface area contributed by atoms with Crippen molar-refractivity contribution in [3.05, 3.63) is 60.2 Å². The van der Waals surface area contributed by atoms with Gasteiger partial charge in [0.15, 0.2) is 0 Å². The van der Waals surface area contributed by atoms with Crippen LogP contribution in [0.5, 0.6) is 11.5 Å². The minimum Gasteiger partial charge on any atom is -0.488 e. The van der Waals surface area contributed by atoms with Crippen LogP contribution >= 0.6 is 0 Å². The van der Waals surface area contributed by atoms with Crippen molar-refractivity contribution < 1.29 is 22.6 Å². The summed E-state index contributed by atoms with van der Waals surface area (Å²) < 4.78 is 45.9. The fraction of sp³-hybridized carbons (Fsp3) is 0.143. The third kappa shape index (κ3) is 4.21. The molecule has 0 saturated heterocycles. The Labute approximate surface area is 108 Å². The van der Waals surface area contributed by atoms with Crippen molar-refractivity contribution in [2.24, 2.45) is 0 Å². The van der Waals surface area contributed by atoms with Crippen LogP contribution in [0.25, 0.3) is 0 Å². The summed E-state index contributed by atoms with van der Waals surface area (Å²) in [5.74, 6) is 0.204. The van der Waals surface area contributed by atoms with Gasteiger partial charge in [-0.15, -0.1) is 13.2 Å². The van der Waals surface area contributed by atoms with E-state index in [9.17, 15) is 13.2 Å². The number of benzene rings is 2. The van der Waals surface area contributed by atoms with Crippen LogP contribution in [0.3, 0.4) is 0 Å². The summed E-state index contributed by atoms with van der Waals surface area (Å²) >= 11 is 0. The van der Waals surface area contributed by atoms with E-state index in [0.717, 1.165) is 0 Å². The van der Waals surface area contributed by atoms with Gasteiger partial charge in [0, 0.05) is 11.6 Å². The molecule has 2 nitrogen and oxygen atoms in total. The molecule has 0 bridgehead atoms. The second kappa shape index (κ2) is 5.65. The molecule has 1 radical (unpaired) electrons. The zero-order valence-corrected chi connectivity index (χ0v) is 9.78. The van der Waals surface area contributed by atoms with E-state index < -0.39 is 6.36 Å². The quantitative estimate of drug-likeness (QED) is 0.834. The fourth-order valence-electron chi connectivity index (χ4n) is 1.47. The van der Waals surface area contributed by atoms with E-state index in [1.165, 1.54) is 18.2 Å². The van der Waals surface area contributed by atoms with Gasteiger partial charge in [-0.25, -0.2) is 0 Å². The lowest BCUT2D eigenvalue weighted by Gasteiger charge is -2.13. The molecule has 0 N–H and O–H groups in total. The Morgan fingerprint density at radius 3 is 2.42 bits per heavy atom. The van der Waals surface area contributed by atoms with E-state index in [0.29, 0.717) is 11.3 Å². The molecule has 0 unspecified atom stereocenters. The Morgan fingerprint density at radius 2 is 1.74 bits per heavy atom. The van der Waals surface area contributed by atoms with Crippen LogP contribution < -0.4 is 9.47 Å². The zero-order chi connectivity index (χ0) is 13.7. The third-order valence-corrected chi connectivity index (χ3v) is 2.26. The zero-order valence-electron chi connectivity index (χ0n) is 9.78. The van der Waals surface area contributed by atoms with Gasteiger partial charge < -0.3 is 9.47 Å². The summed E-state index contributed by atoms with van der Waals surface area (Å²) in [6.45, 7) is -0.0211. The number of halogens is 3. The van der Waals surface area contributed by atoms with Crippen molar-refractivity contribution in [3.8, 4) is 11.5 Å². The van der Waals surface area contributed by atoms with Crippen molar-refractivity contribution in [1.29, 1.82) is 0 Å². The van der Waals surface area contributed by atoms with Crippen LogP contribution in [-0.4, -0.2) is 6.36 Å². The van der Waals surface area contributed by atoms with Crippen LogP contribution in [0.1, 0.15) is 5.56 Å². The Hall–Kier alpha value is -2.17. The minimum absolute atomic E-state index is 0.0211. The van der Waals surface area contributed by atoms with E-state index in [2.05, 4.69) is 10.8 Å². The van der Waals surface area contributed by atoms with E-state index in [1.54, 1.807) is 30.3 Å². The molecule has 2 aromatic carbocycles. The number of para-hydroxylation sites is 2. The first-order valence-corrected chi connectivity index (χ1v) is 5.48. The normalized spacial score (nSPS) is 11.1. The molecule has 0 aliphatic heterocycles. The van der Waals surface area contributed by atoms with Crippen molar-refractivity contribution in [2.75, 3.05) is 0 Å². The predicted molar refractivity (Wildman–Crippen MR) is 62.7 cm³/mol. The molecule has 0 heterocycles. The number of hydrogen-bond donors (Lipinski definition) is 0. The second-order valence-corrected chi connectivity index (χ2v) is 3.67. The molecule has 0 saturated carbocycles. The van der Waals surface area contributed by atoms with Crippen LogP contribution in [0.4, 0.5) is 13.2 Å². The van der Waals surface area contributed by atoms with Crippen LogP contribution in [0, 0.1) is 6.07 Å². The largest absolute Gasteiger partial charge is 0.573 e. The molecule has 99 valence electrons. The van der Waals surface area contributed by atoms with Gasteiger partial charge in [0.1, 0.15) is 18.1 Å². The SMILES string of the molecule is FC(F)(F)Oc1ccccc1COc1[c]cccc1. The van der Waals surface area contributed by atoms with Crippen molar-refractivity contribution in [2.45, 2.75) is 13.0 Å². The molecular formula is C14H10F3O2. The van der Waals surface area contributed by atoms with Gasteiger partial charge in [-0.1, -0.05) is 36.4 Å². The van der Waals surface area contributed by atoms with Crippen molar-refractivity contribution in [1.82, 2.24) is 0 Å². The molecule has 0 spiro atoms. The highest BCUT2D eigenvalue weighted by Crippen LogP contribution is 2.27. The number of hydrogen-bond acceptors (Lipinski definition) is 2. The molecule has 0 atom stereocenters. The van der Waals surface area contributed by atoms with Crippen LogP contribution in [0.15, 0.2) is 48.5 Å². The molecule has 19 heavy (non-hydrogen) atoms. The van der Waals surface area contributed by atoms with Crippen molar-refractivity contribution >= 4 is 0 Å². The Bertz CT molecular complexity index is 524. The van der Waals surface area contributed by atoms with Gasteiger partial charge in [-0.3, -0.25) is 0 Å². The van der Waals surface area contributed by atoms with Gasteiger partial charge >= 0.3 is 6.36 Å².